The Morgan fingerprint density at radius 3 is 2.28 bits per heavy atom. The molecule has 18 nitrogen and oxygen atoms in total. The molecule has 4 N–H and O–H groups in total. The zero-order valence-corrected chi connectivity index (χ0v) is 47.0. The number of nitrogens with zero attached hydrogens (tertiary/aromatic N) is 4. The number of benzene rings is 5. The van der Waals surface area contributed by atoms with Crippen LogP contribution in [-0.4, -0.2) is 115 Å². The van der Waals surface area contributed by atoms with E-state index in [1.807, 2.05) is 81.6 Å². The zero-order chi connectivity index (χ0) is 56.0. The highest BCUT2D eigenvalue weighted by Gasteiger charge is 2.36. The van der Waals surface area contributed by atoms with Crippen LogP contribution in [0.3, 0.4) is 0 Å². The van der Waals surface area contributed by atoms with E-state index in [0.717, 1.165) is 57.1 Å². The monoisotopic (exact) mass is 1130 g/mol. The fraction of sp³-hybridized carbons (Fsp3) is 0.345. The van der Waals surface area contributed by atoms with E-state index in [4.69, 9.17) is 19.2 Å². The molecule has 0 radical (unpaired) electrons. The number of rotatable bonds is 24. The summed E-state index contributed by atoms with van der Waals surface area (Å²) >= 11 is 0. The summed E-state index contributed by atoms with van der Waals surface area (Å²) in [5, 5.41) is 7.36. The van der Waals surface area contributed by atoms with Gasteiger partial charge in [0, 0.05) is 103 Å². The van der Waals surface area contributed by atoms with Gasteiger partial charge in [-0.2, -0.15) is 8.42 Å². The quantitative estimate of drug-likeness (QED) is 0.0197. The van der Waals surface area contributed by atoms with Crippen molar-refractivity contribution in [2.45, 2.75) is 88.2 Å². The average molecular weight is 1130 g/mol. The van der Waals surface area contributed by atoms with Gasteiger partial charge in [-0.05, 0) is 116 Å². The van der Waals surface area contributed by atoms with E-state index < -0.39 is 37.8 Å². The summed E-state index contributed by atoms with van der Waals surface area (Å²) in [5.41, 5.74) is 9.45. The summed E-state index contributed by atoms with van der Waals surface area (Å²) in [6, 6.07) is 31.2. The lowest BCUT2D eigenvalue weighted by molar-refractivity contribution is -0.137. The molecule has 0 aliphatic carbocycles. The molecule has 5 aromatic rings. The third-order valence-electron chi connectivity index (χ3n) is 14.3. The molecule has 0 saturated heterocycles. The van der Waals surface area contributed by atoms with Crippen molar-refractivity contribution in [2.24, 2.45) is 4.99 Å². The summed E-state index contributed by atoms with van der Waals surface area (Å²) in [7, 11) is 1.68. The second-order valence-electron chi connectivity index (χ2n) is 20.4. The highest BCUT2D eigenvalue weighted by molar-refractivity contribution is 8.77. The lowest BCUT2D eigenvalue weighted by Crippen LogP contribution is -2.44. The maximum atomic E-state index is 13.9. The van der Waals surface area contributed by atoms with Crippen LogP contribution >= 0.6 is 21.6 Å². The van der Waals surface area contributed by atoms with Crippen LogP contribution in [-0.2, 0) is 55.4 Å². The van der Waals surface area contributed by atoms with E-state index in [-0.39, 0.29) is 68.8 Å². The Morgan fingerprint density at radius 1 is 0.873 bits per heavy atom. The fourth-order valence-electron chi connectivity index (χ4n) is 9.99. The van der Waals surface area contributed by atoms with Gasteiger partial charge in [-0.25, -0.2) is 0 Å². The lowest BCUT2D eigenvalue weighted by atomic mass is 10.1. The maximum Gasteiger partial charge on any atom is 0.276 e. The molecule has 2 unspecified atom stereocenters. The van der Waals surface area contributed by atoms with E-state index in [0.29, 0.717) is 53.6 Å². The second kappa shape index (κ2) is 24.4. The van der Waals surface area contributed by atoms with Crippen LogP contribution in [0.2, 0.25) is 0 Å². The first-order valence-corrected chi connectivity index (χ1v) is 29.8. The third kappa shape index (κ3) is 13.6. The molecule has 414 valence electrons. The van der Waals surface area contributed by atoms with Gasteiger partial charge in [0.15, 0.2) is 16.7 Å². The topological polar surface area (TPSA) is 226 Å². The van der Waals surface area contributed by atoms with Crippen molar-refractivity contribution < 1.29 is 51.2 Å². The predicted octanol–water partition coefficient (Wildman–Crippen LogP) is 8.49. The van der Waals surface area contributed by atoms with E-state index in [1.165, 1.54) is 32.8 Å². The minimum Gasteiger partial charge on any atom is -0.493 e. The van der Waals surface area contributed by atoms with Crippen LogP contribution in [0, 0.1) is 6.92 Å². The number of methoxy groups -OCH3 is 1. The Morgan fingerprint density at radius 2 is 1.57 bits per heavy atom. The Hall–Kier alpha value is -7.33. The fourth-order valence-corrected chi connectivity index (χ4v) is 13.6. The van der Waals surface area contributed by atoms with Crippen molar-refractivity contribution >= 4 is 95.9 Å². The Kier molecular flexibility index (Phi) is 17.4. The molecule has 0 aromatic heterocycles. The molecule has 0 bridgehead atoms. The zero-order valence-electron chi connectivity index (χ0n) is 44.5. The van der Waals surface area contributed by atoms with Gasteiger partial charge in [0.1, 0.15) is 19.0 Å². The maximum absolute atomic E-state index is 13.9. The van der Waals surface area contributed by atoms with Gasteiger partial charge in [-0.3, -0.25) is 43.3 Å². The van der Waals surface area contributed by atoms with E-state index in [2.05, 4.69) is 52.2 Å². The lowest BCUT2D eigenvalue weighted by Gasteiger charge is -2.24. The van der Waals surface area contributed by atoms with Gasteiger partial charge in [-0.15, -0.1) is 0 Å². The number of para-hydroxylation sites is 2. The number of aryl methyl sites for hydroxylation is 1. The summed E-state index contributed by atoms with van der Waals surface area (Å²) < 4.78 is 52.5. The first kappa shape index (κ1) is 56.4. The van der Waals surface area contributed by atoms with Crippen molar-refractivity contribution in [3.8, 4) is 17.2 Å². The van der Waals surface area contributed by atoms with E-state index in [9.17, 15) is 36.9 Å². The number of anilines is 4. The summed E-state index contributed by atoms with van der Waals surface area (Å²) in [6.07, 6.45) is 6.01. The van der Waals surface area contributed by atoms with Gasteiger partial charge in [0.05, 0.1) is 30.4 Å². The molecule has 79 heavy (non-hydrogen) atoms. The van der Waals surface area contributed by atoms with Gasteiger partial charge in [0.25, 0.3) is 27.8 Å². The van der Waals surface area contributed by atoms with Gasteiger partial charge >= 0.3 is 0 Å². The summed E-state index contributed by atoms with van der Waals surface area (Å²) in [5.74, 6) is -0.603. The standard InChI is InChI=1S/C58H63N7O11S3/c1-36-24-50(74-5)51(31-46(36)60-32-42-28-39-10-6-8-12-48(39)63(42)4)76-35-38-25-37(34-75-44-14-15-45-47(30-44)61-33-43-29-40-11-7-9-13-49(40)65(43)57(45)70)26-41(27-38)62-53(66)18-20-58(2,3)78-77-23-19-52(79(71,72)73)56(69)59-21-22-64-54(67)16-17-55(64)68/h6-17,24-27,30-31,33,42-43,52,60H,18-23,28-29,32,34-35H2,1-5H3,(H,59,69)(H,62,66)(H,71,72,73)/t42-,43?,52?/m0/s1. The molecule has 21 heteroatoms. The van der Waals surface area contributed by atoms with E-state index in [1.54, 1.807) is 30.2 Å². The minimum atomic E-state index is -4.77. The van der Waals surface area contributed by atoms with Crippen molar-refractivity contribution in [1.82, 2.24) is 10.2 Å². The number of ether oxygens (including phenoxy) is 3. The number of imide groups is 1. The largest absolute Gasteiger partial charge is 0.493 e. The molecule has 9 rings (SSSR count). The smallest absolute Gasteiger partial charge is 0.276 e. The molecule has 5 aromatic carbocycles. The number of carbonyl (C=O) groups excluding carboxylic acids is 5. The van der Waals surface area contributed by atoms with E-state index >= 15 is 0 Å². The molecule has 5 amide bonds. The van der Waals surface area contributed by atoms with Crippen molar-refractivity contribution in [2.75, 3.05) is 60.0 Å². The highest BCUT2D eigenvalue weighted by atomic mass is 33.1. The first-order valence-electron chi connectivity index (χ1n) is 25.9. The molecular weight excluding hydrogens is 1070 g/mol. The number of hydrogen-bond donors (Lipinski definition) is 4. The molecule has 0 spiro atoms. The normalized spacial score (nSPS) is 16.7. The SMILES string of the molecule is COc1cc(C)c(NC[C@@H]2Cc3ccccc3N2C)cc1OCc1cc(COc2ccc3c(c2)N=CC2Cc4ccccc4N2C3=O)cc(NC(=O)CCC(C)(C)SSCCC(C(=O)NCCN2C(=O)C=CC2=O)S(=O)(=O)O)c1. The molecule has 0 fully saturated rings. The predicted molar refractivity (Wildman–Crippen MR) is 310 cm³/mol. The second-order valence-corrected chi connectivity index (χ2v) is 25.1. The van der Waals surface area contributed by atoms with Crippen LogP contribution < -0.4 is 40.0 Å². The number of amides is 5. The minimum absolute atomic E-state index is 0.107. The summed E-state index contributed by atoms with van der Waals surface area (Å²) in [6.45, 7) is 6.53. The van der Waals surface area contributed by atoms with Crippen LogP contribution in [0.5, 0.6) is 17.2 Å². The van der Waals surface area contributed by atoms with Crippen LogP contribution in [0.1, 0.15) is 71.3 Å². The van der Waals surface area contributed by atoms with Crippen LogP contribution in [0.4, 0.5) is 28.4 Å². The molecule has 0 saturated carbocycles. The molecule has 4 heterocycles. The number of aliphatic imine (C=N–C) groups is 1. The van der Waals surface area contributed by atoms with Gasteiger partial charge < -0.3 is 35.1 Å². The molecule has 4 aliphatic heterocycles. The Balaban J connectivity index is 0.846. The van der Waals surface area contributed by atoms with Gasteiger partial charge in [-0.1, -0.05) is 58.0 Å². The Bertz CT molecular complexity index is 3330. The van der Waals surface area contributed by atoms with Crippen molar-refractivity contribution in [1.29, 1.82) is 0 Å². The average Bonchev–Trinajstić information content (AvgIpc) is 4.29. The molecular formula is C58H63N7O11S3. The van der Waals surface area contributed by atoms with Gasteiger partial charge in [0.2, 0.25) is 11.8 Å². The summed E-state index contributed by atoms with van der Waals surface area (Å²) in [4.78, 5) is 73.9. The van der Waals surface area contributed by atoms with Crippen molar-refractivity contribution in [3.63, 3.8) is 0 Å². The van der Waals surface area contributed by atoms with Crippen molar-refractivity contribution in [3.05, 3.63) is 143 Å². The number of likely N-dealkylation sites (N-methyl/N-ethyl adjacent to an activating group) is 1. The highest BCUT2D eigenvalue weighted by Crippen LogP contribution is 2.41. The number of carbonyl (C=O) groups is 5. The van der Waals surface area contributed by atoms with Crippen LogP contribution in [0.15, 0.2) is 114 Å². The molecule has 3 atom stereocenters. The van der Waals surface area contributed by atoms with Crippen LogP contribution in [0.25, 0.3) is 0 Å². The molecule has 4 aliphatic rings. The Labute approximate surface area is 467 Å². The third-order valence-corrected chi connectivity index (χ3v) is 18.8. The number of hydrogen-bond acceptors (Lipinski definition) is 15. The number of fused-ring (bicyclic) bond motifs is 5. The number of nitrogens with one attached hydrogen (secondary N) is 3. The first-order chi connectivity index (χ1) is 37.8.